The molecule has 1 amide bonds. The van der Waals surface area contributed by atoms with Gasteiger partial charge in [0.05, 0.1) is 6.20 Å². The zero-order valence-corrected chi connectivity index (χ0v) is 9.09. The first-order valence-electron chi connectivity index (χ1n) is 5.60. The largest absolute Gasteiger partial charge is 0.396 e. The molecule has 0 radical (unpaired) electrons. The van der Waals surface area contributed by atoms with Crippen LogP contribution in [0.1, 0.15) is 36.2 Å². The van der Waals surface area contributed by atoms with Crippen LogP contribution in [0.25, 0.3) is 0 Å². The van der Waals surface area contributed by atoms with Gasteiger partial charge in [-0.1, -0.05) is 0 Å². The smallest absolute Gasteiger partial charge is 0.276 e. The van der Waals surface area contributed by atoms with Crippen molar-refractivity contribution < 1.29 is 9.90 Å². The summed E-state index contributed by atoms with van der Waals surface area (Å²) >= 11 is 0. The van der Waals surface area contributed by atoms with Crippen LogP contribution in [0.5, 0.6) is 0 Å². The maximum Gasteiger partial charge on any atom is 0.276 e. The summed E-state index contributed by atoms with van der Waals surface area (Å²) in [6, 6.07) is 0.316. The first kappa shape index (κ1) is 11.1. The Morgan fingerprint density at radius 3 is 2.94 bits per heavy atom. The Morgan fingerprint density at radius 2 is 2.44 bits per heavy atom. The maximum atomic E-state index is 12.1. The predicted molar refractivity (Wildman–Crippen MR) is 56.8 cm³/mol. The van der Waals surface area contributed by atoms with Crippen LogP contribution >= 0.6 is 0 Å². The number of aliphatic hydroxyl groups excluding tert-OH is 1. The Morgan fingerprint density at radius 1 is 1.62 bits per heavy atom. The third-order valence-corrected chi connectivity index (χ3v) is 2.97. The minimum atomic E-state index is -0.0908. The van der Waals surface area contributed by atoms with E-state index in [4.69, 9.17) is 5.11 Å². The van der Waals surface area contributed by atoms with Gasteiger partial charge in [-0.25, -0.2) is 0 Å². The topological polar surface area (TPSA) is 82.1 Å². The molecule has 88 valence electrons. The van der Waals surface area contributed by atoms with Crippen molar-refractivity contribution in [2.24, 2.45) is 0 Å². The van der Waals surface area contributed by atoms with Gasteiger partial charge in [0.2, 0.25) is 0 Å². The molecular formula is C10H16N4O2. The van der Waals surface area contributed by atoms with Gasteiger partial charge < -0.3 is 10.0 Å². The molecule has 0 aromatic carbocycles. The lowest BCUT2D eigenvalue weighted by molar-refractivity contribution is 0.0556. The Kier molecular flexibility index (Phi) is 3.51. The summed E-state index contributed by atoms with van der Waals surface area (Å²) < 4.78 is 0. The van der Waals surface area contributed by atoms with Gasteiger partial charge in [-0.15, -0.1) is 0 Å². The maximum absolute atomic E-state index is 12.1. The SMILES string of the molecule is O=C(c1cn[nH]n1)N(CCCO)C1CCC1. The van der Waals surface area contributed by atoms with E-state index in [9.17, 15) is 4.79 Å². The number of carbonyl (C=O) groups excluding carboxylic acids is 1. The van der Waals surface area contributed by atoms with Crippen molar-refractivity contribution in [3.8, 4) is 0 Å². The number of nitrogens with zero attached hydrogens (tertiary/aromatic N) is 3. The summed E-state index contributed by atoms with van der Waals surface area (Å²) in [4.78, 5) is 13.9. The minimum absolute atomic E-state index is 0.0908. The van der Waals surface area contributed by atoms with Crippen LogP contribution in [0.3, 0.4) is 0 Å². The van der Waals surface area contributed by atoms with E-state index < -0.39 is 0 Å². The van der Waals surface area contributed by atoms with Gasteiger partial charge in [-0.3, -0.25) is 4.79 Å². The summed E-state index contributed by atoms with van der Waals surface area (Å²) in [6.45, 7) is 0.697. The Bertz CT molecular complexity index is 335. The average Bonchev–Trinajstić information content (AvgIpc) is 2.73. The molecule has 1 fully saturated rings. The second kappa shape index (κ2) is 5.07. The van der Waals surface area contributed by atoms with Crippen molar-refractivity contribution >= 4 is 5.91 Å². The number of aromatic nitrogens is 3. The van der Waals surface area contributed by atoms with E-state index in [1.807, 2.05) is 0 Å². The second-order valence-electron chi connectivity index (χ2n) is 4.02. The highest BCUT2D eigenvalue weighted by Gasteiger charge is 2.29. The van der Waals surface area contributed by atoms with E-state index in [1.165, 1.54) is 12.6 Å². The molecule has 1 aromatic heterocycles. The number of hydrogen-bond acceptors (Lipinski definition) is 4. The Balaban J connectivity index is 2.02. The van der Waals surface area contributed by atoms with E-state index in [0.29, 0.717) is 24.7 Å². The summed E-state index contributed by atoms with van der Waals surface area (Å²) in [5, 5.41) is 18.7. The summed E-state index contributed by atoms with van der Waals surface area (Å²) in [5.74, 6) is -0.0908. The van der Waals surface area contributed by atoms with E-state index in [1.54, 1.807) is 4.90 Å². The Labute approximate surface area is 93.6 Å². The van der Waals surface area contributed by atoms with Gasteiger partial charge in [-0.2, -0.15) is 15.4 Å². The van der Waals surface area contributed by atoms with Gasteiger partial charge in [0.25, 0.3) is 5.91 Å². The first-order chi connectivity index (χ1) is 7.83. The fourth-order valence-corrected chi connectivity index (χ4v) is 1.84. The van der Waals surface area contributed by atoms with Crippen molar-refractivity contribution in [2.75, 3.05) is 13.2 Å². The molecule has 0 aliphatic heterocycles. The molecular weight excluding hydrogens is 208 g/mol. The second-order valence-corrected chi connectivity index (χ2v) is 4.02. The molecule has 0 atom stereocenters. The van der Waals surface area contributed by atoms with E-state index in [0.717, 1.165) is 12.8 Å². The number of nitrogens with one attached hydrogen (secondary N) is 1. The minimum Gasteiger partial charge on any atom is -0.396 e. The monoisotopic (exact) mass is 224 g/mol. The van der Waals surface area contributed by atoms with Crippen LogP contribution in [0, 0.1) is 0 Å². The summed E-state index contributed by atoms with van der Waals surface area (Å²) in [7, 11) is 0. The molecule has 6 heteroatoms. The van der Waals surface area contributed by atoms with Crippen molar-refractivity contribution in [1.82, 2.24) is 20.3 Å². The molecule has 1 saturated carbocycles. The standard InChI is InChI=1S/C10H16N4O2/c15-6-2-5-14(8-3-1-4-8)10(16)9-7-11-13-12-9/h7-8,15H,1-6H2,(H,11,12,13). The van der Waals surface area contributed by atoms with E-state index in [-0.39, 0.29) is 12.5 Å². The fourth-order valence-electron chi connectivity index (χ4n) is 1.84. The normalized spacial score (nSPS) is 15.8. The lowest BCUT2D eigenvalue weighted by atomic mass is 9.91. The molecule has 1 aliphatic rings. The van der Waals surface area contributed by atoms with Gasteiger partial charge in [0.15, 0.2) is 5.69 Å². The number of carbonyl (C=O) groups is 1. The van der Waals surface area contributed by atoms with Crippen LogP contribution in [0.2, 0.25) is 0 Å². The van der Waals surface area contributed by atoms with Crippen molar-refractivity contribution in [3.63, 3.8) is 0 Å². The van der Waals surface area contributed by atoms with Gasteiger partial charge in [0.1, 0.15) is 0 Å². The van der Waals surface area contributed by atoms with Gasteiger partial charge in [0, 0.05) is 19.2 Å². The number of amides is 1. The predicted octanol–water partition coefficient (Wildman–Crippen LogP) is 0.182. The number of H-pyrrole nitrogens is 1. The molecule has 0 saturated heterocycles. The lowest BCUT2D eigenvalue weighted by Gasteiger charge is -2.37. The van der Waals surface area contributed by atoms with Crippen LogP contribution in [-0.4, -0.2) is 50.5 Å². The summed E-state index contributed by atoms with van der Waals surface area (Å²) in [5.41, 5.74) is 0.352. The highest BCUT2D eigenvalue weighted by atomic mass is 16.3. The quantitative estimate of drug-likeness (QED) is 0.747. The zero-order valence-electron chi connectivity index (χ0n) is 9.09. The third kappa shape index (κ3) is 2.21. The highest BCUT2D eigenvalue weighted by Crippen LogP contribution is 2.25. The van der Waals surface area contributed by atoms with Crippen molar-refractivity contribution in [1.29, 1.82) is 0 Å². The molecule has 2 N–H and O–H groups in total. The van der Waals surface area contributed by atoms with Crippen LogP contribution in [0.15, 0.2) is 6.20 Å². The number of aromatic amines is 1. The van der Waals surface area contributed by atoms with Crippen LogP contribution in [-0.2, 0) is 0 Å². The molecule has 6 nitrogen and oxygen atoms in total. The van der Waals surface area contributed by atoms with Crippen LogP contribution < -0.4 is 0 Å². The lowest BCUT2D eigenvalue weighted by Crippen LogP contribution is -2.45. The molecule has 0 unspecified atom stereocenters. The number of rotatable bonds is 5. The first-order valence-corrected chi connectivity index (χ1v) is 5.60. The van der Waals surface area contributed by atoms with E-state index in [2.05, 4.69) is 15.4 Å². The van der Waals surface area contributed by atoms with Gasteiger partial charge >= 0.3 is 0 Å². The van der Waals surface area contributed by atoms with Crippen molar-refractivity contribution in [3.05, 3.63) is 11.9 Å². The van der Waals surface area contributed by atoms with Crippen molar-refractivity contribution in [2.45, 2.75) is 31.7 Å². The zero-order chi connectivity index (χ0) is 11.4. The third-order valence-electron chi connectivity index (χ3n) is 2.97. The molecule has 1 heterocycles. The average molecular weight is 224 g/mol. The molecule has 0 bridgehead atoms. The molecule has 0 spiro atoms. The van der Waals surface area contributed by atoms with E-state index >= 15 is 0 Å². The van der Waals surface area contributed by atoms with Crippen LogP contribution in [0.4, 0.5) is 0 Å². The molecule has 16 heavy (non-hydrogen) atoms. The number of hydrogen-bond donors (Lipinski definition) is 2. The highest BCUT2D eigenvalue weighted by molar-refractivity contribution is 5.92. The Hall–Kier alpha value is -1.43. The summed E-state index contributed by atoms with van der Waals surface area (Å²) in [6.07, 6.45) is 5.32. The number of aliphatic hydroxyl groups is 1. The molecule has 2 rings (SSSR count). The molecule has 1 aliphatic carbocycles. The molecule has 1 aromatic rings. The van der Waals surface area contributed by atoms with Gasteiger partial charge in [-0.05, 0) is 25.7 Å². The fraction of sp³-hybridized carbons (Fsp3) is 0.700.